The number of anilines is 1. The van der Waals surface area contributed by atoms with Crippen molar-refractivity contribution in [2.75, 3.05) is 11.1 Å². The number of fused-ring (bicyclic) bond motifs is 1. The number of carbonyl (C=O) groups excluding carboxylic acids is 1. The van der Waals surface area contributed by atoms with Gasteiger partial charge >= 0.3 is 0 Å². The first-order chi connectivity index (χ1) is 15.8. The average molecular weight is 441 g/mol. The van der Waals surface area contributed by atoms with Crippen LogP contribution in [0.1, 0.15) is 11.1 Å². The predicted molar refractivity (Wildman–Crippen MR) is 127 cm³/mol. The zero-order valence-electron chi connectivity index (χ0n) is 17.1. The third kappa shape index (κ3) is 4.43. The summed E-state index contributed by atoms with van der Waals surface area (Å²) in [5.74, 6) is 0.482. The van der Waals surface area contributed by atoms with Gasteiger partial charge in [-0.15, -0.1) is 10.2 Å². The lowest BCUT2D eigenvalue weighted by Gasteiger charge is -2.11. The summed E-state index contributed by atoms with van der Waals surface area (Å²) >= 11 is 1.22. The molecule has 2 heterocycles. The summed E-state index contributed by atoms with van der Waals surface area (Å²) in [6.45, 7) is 0. The topological polar surface area (TPSA) is 83.8 Å². The van der Waals surface area contributed by atoms with Gasteiger partial charge in [0.2, 0.25) is 5.91 Å². The van der Waals surface area contributed by atoms with Crippen molar-refractivity contribution in [2.24, 2.45) is 0 Å². The summed E-state index contributed by atoms with van der Waals surface area (Å²) in [6, 6.07) is 26.0. The number of hydrogen-bond donors (Lipinski definition) is 2. The fourth-order valence-corrected chi connectivity index (χ4v) is 4.11. The van der Waals surface area contributed by atoms with Crippen LogP contribution in [0.2, 0.25) is 0 Å². The lowest BCUT2D eigenvalue weighted by molar-refractivity contribution is -0.113. The number of nitrogens with one attached hydrogen (secondary N) is 2. The maximum Gasteiger partial charge on any atom is 0.277 e. The molecule has 2 N–H and O–H groups in total. The average Bonchev–Trinajstić information content (AvgIpc) is 3.46. The Kier molecular flexibility index (Phi) is 5.72. The van der Waals surface area contributed by atoms with Gasteiger partial charge in [-0.3, -0.25) is 4.79 Å². The van der Waals surface area contributed by atoms with Gasteiger partial charge in [0, 0.05) is 22.8 Å². The van der Waals surface area contributed by atoms with E-state index in [0.717, 1.165) is 34.1 Å². The number of hydrogen-bond acceptors (Lipinski definition) is 5. The van der Waals surface area contributed by atoms with Gasteiger partial charge in [0.15, 0.2) is 0 Å². The highest BCUT2D eigenvalue weighted by molar-refractivity contribution is 7.99. The Hall–Kier alpha value is -3.84. The van der Waals surface area contributed by atoms with Crippen molar-refractivity contribution in [3.05, 3.63) is 96.2 Å². The highest BCUT2D eigenvalue weighted by atomic mass is 32.2. The van der Waals surface area contributed by atoms with Crippen molar-refractivity contribution < 1.29 is 9.21 Å². The molecule has 5 aromatic rings. The molecule has 0 bridgehead atoms. The quantitative estimate of drug-likeness (QED) is 0.325. The van der Waals surface area contributed by atoms with Gasteiger partial charge in [-0.2, -0.15) is 0 Å². The van der Waals surface area contributed by atoms with Crippen LogP contribution in [0.25, 0.3) is 22.4 Å². The molecule has 0 saturated heterocycles. The lowest BCUT2D eigenvalue weighted by atomic mass is 10.0. The number of para-hydroxylation sites is 2. The van der Waals surface area contributed by atoms with Crippen molar-refractivity contribution in [1.29, 1.82) is 0 Å². The number of aromatic nitrogens is 3. The Bertz CT molecular complexity index is 1360. The van der Waals surface area contributed by atoms with Crippen LogP contribution in [0, 0.1) is 0 Å². The fourth-order valence-electron chi connectivity index (χ4n) is 3.55. The van der Waals surface area contributed by atoms with Gasteiger partial charge in [-0.1, -0.05) is 78.5 Å². The van der Waals surface area contributed by atoms with Crippen LogP contribution < -0.4 is 5.32 Å². The van der Waals surface area contributed by atoms with E-state index in [2.05, 4.69) is 32.6 Å². The molecule has 0 fully saturated rings. The number of benzene rings is 3. The van der Waals surface area contributed by atoms with E-state index in [-0.39, 0.29) is 11.7 Å². The van der Waals surface area contributed by atoms with E-state index in [1.165, 1.54) is 17.3 Å². The summed E-state index contributed by atoms with van der Waals surface area (Å²) < 4.78 is 5.78. The van der Waals surface area contributed by atoms with E-state index in [0.29, 0.717) is 11.1 Å². The zero-order valence-corrected chi connectivity index (χ0v) is 17.9. The van der Waals surface area contributed by atoms with Gasteiger partial charge in [0.1, 0.15) is 0 Å². The molecule has 0 aliphatic rings. The van der Waals surface area contributed by atoms with Crippen LogP contribution in [0.5, 0.6) is 0 Å². The van der Waals surface area contributed by atoms with Crippen LogP contribution in [0.4, 0.5) is 5.69 Å². The molecule has 2 aromatic heterocycles. The molecule has 0 aliphatic heterocycles. The van der Waals surface area contributed by atoms with E-state index >= 15 is 0 Å². The van der Waals surface area contributed by atoms with E-state index in [1.807, 2.05) is 72.9 Å². The van der Waals surface area contributed by atoms with E-state index in [9.17, 15) is 4.79 Å². The normalized spacial score (nSPS) is 11.0. The Morgan fingerprint density at radius 1 is 0.938 bits per heavy atom. The molecule has 0 atom stereocenters. The predicted octanol–water partition coefficient (Wildman–Crippen LogP) is 5.54. The first-order valence-electron chi connectivity index (χ1n) is 10.2. The first kappa shape index (κ1) is 20.1. The van der Waals surface area contributed by atoms with Crippen molar-refractivity contribution in [2.45, 2.75) is 11.6 Å². The summed E-state index contributed by atoms with van der Waals surface area (Å²) in [6.07, 6.45) is 2.60. The van der Waals surface area contributed by atoms with Gasteiger partial charge in [0.25, 0.3) is 11.1 Å². The van der Waals surface area contributed by atoms with Gasteiger partial charge in [0.05, 0.1) is 11.3 Å². The minimum Gasteiger partial charge on any atom is -0.411 e. The van der Waals surface area contributed by atoms with E-state index < -0.39 is 0 Å². The number of amides is 1. The monoisotopic (exact) mass is 440 g/mol. The first-order valence-corrected chi connectivity index (χ1v) is 11.2. The molecule has 32 heavy (non-hydrogen) atoms. The second kappa shape index (κ2) is 9.11. The molecule has 0 aliphatic carbocycles. The number of thioether (sulfide) groups is 1. The largest absolute Gasteiger partial charge is 0.411 e. The smallest absolute Gasteiger partial charge is 0.277 e. The zero-order chi connectivity index (χ0) is 21.8. The van der Waals surface area contributed by atoms with Crippen LogP contribution in [0.3, 0.4) is 0 Å². The molecule has 0 spiro atoms. The van der Waals surface area contributed by atoms with E-state index in [4.69, 9.17) is 4.42 Å². The maximum atomic E-state index is 12.6. The van der Waals surface area contributed by atoms with Crippen LogP contribution >= 0.6 is 11.8 Å². The summed E-state index contributed by atoms with van der Waals surface area (Å²) in [4.78, 5) is 15.8. The van der Waals surface area contributed by atoms with Crippen LogP contribution in [-0.4, -0.2) is 26.8 Å². The molecule has 0 saturated carbocycles. The Morgan fingerprint density at radius 2 is 1.72 bits per heavy atom. The number of H-pyrrole nitrogens is 1. The van der Waals surface area contributed by atoms with Crippen LogP contribution in [-0.2, 0) is 11.2 Å². The molecular formula is C25H20N4O2S. The van der Waals surface area contributed by atoms with Crippen LogP contribution in [0.15, 0.2) is 94.7 Å². The molecule has 0 unspecified atom stereocenters. The highest BCUT2D eigenvalue weighted by Crippen LogP contribution is 2.29. The lowest BCUT2D eigenvalue weighted by Crippen LogP contribution is -2.15. The number of nitrogens with zero attached hydrogens (tertiary/aromatic N) is 2. The van der Waals surface area contributed by atoms with Crippen molar-refractivity contribution in [3.63, 3.8) is 0 Å². The maximum absolute atomic E-state index is 12.6. The van der Waals surface area contributed by atoms with Crippen molar-refractivity contribution >= 4 is 34.3 Å². The molecule has 5 rings (SSSR count). The minimum absolute atomic E-state index is 0.123. The standard InChI is InChI=1S/C25H20N4O2S/c30-23(27-21-12-6-4-10-18(21)14-17-8-2-1-3-9-17)16-32-25-29-28-24(31-25)20-15-26-22-13-7-5-11-19(20)22/h1-13,15,26H,14,16H2,(H,27,30). The Morgan fingerprint density at radius 3 is 2.62 bits per heavy atom. The van der Waals surface area contributed by atoms with E-state index in [1.54, 1.807) is 0 Å². The highest BCUT2D eigenvalue weighted by Gasteiger charge is 2.15. The molecule has 6 nitrogen and oxygen atoms in total. The Balaban J connectivity index is 1.23. The van der Waals surface area contributed by atoms with Crippen molar-refractivity contribution in [1.82, 2.24) is 15.2 Å². The number of carbonyl (C=O) groups is 1. The molecular weight excluding hydrogens is 420 g/mol. The number of rotatable bonds is 7. The summed E-state index contributed by atoms with van der Waals surface area (Å²) in [5.41, 5.74) is 4.92. The molecule has 7 heteroatoms. The minimum atomic E-state index is -0.123. The second-order valence-corrected chi connectivity index (χ2v) is 8.20. The third-order valence-corrected chi connectivity index (χ3v) is 5.90. The fraction of sp³-hybridized carbons (Fsp3) is 0.0800. The molecule has 1 amide bonds. The molecule has 0 radical (unpaired) electrons. The SMILES string of the molecule is O=C(CSc1nnc(-c2c[nH]c3ccccc23)o1)Nc1ccccc1Cc1ccccc1. The van der Waals surface area contributed by atoms with Crippen molar-refractivity contribution in [3.8, 4) is 11.5 Å². The molecule has 158 valence electrons. The Labute approximate surface area is 189 Å². The van der Waals surface area contributed by atoms with Gasteiger partial charge in [-0.05, 0) is 29.7 Å². The second-order valence-electron chi connectivity index (χ2n) is 7.28. The summed E-state index contributed by atoms with van der Waals surface area (Å²) in [7, 11) is 0. The van der Waals surface area contributed by atoms with Gasteiger partial charge < -0.3 is 14.7 Å². The van der Waals surface area contributed by atoms with Gasteiger partial charge in [-0.25, -0.2) is 0 Å². The third-order valence-electron chi connectivity index (χ3n) is 5.08. The number of aromatic amines is 1. The molecule has 3 aromatic carbocycles. The summed E-state index contributed by atoms with van der Waals surface area (Å²) in [5, 5.41) is 12.6.